The maximum absolute atomic E-state index is 13.0. The first-order chi connectivity index (χ1) is 10.1. The van der Waals surface area contributed by atoms with Gasteiger partial charge in [-0.2, -0.15) is 0 Å². The summed E-state index contributed by atoms with van der Waals surface area (Å²) in [6.07, 6.45) is 0. The first kappa shape index (κ1) is 15.1. The van der Waals surface area contributed by atoms with Crippen LogP contribution in [-0.4, -0.2) is 23.5 Å². The molecule has 2 aromatic rings. The molecule has 1 aromatic heterocycles. The van der Waals surface area contributed by atoms with Crippen LogP contribution in [-0.2, 0) is 11.3 Å². The van der Waals surface area contributed by atoms with Crippen molar-refractivity contribution in [3.8, 4) is 0 Å². The second kappa shape index (κ2) is 6.94. The van der Waals surface area contributed by atoms with Crippen molar-refractivity contribution in [2.45, 2.75) is 13.5 Å². The van der Waals surface area contributed by atoms with Gasteiger partial charge < -0.3 is 10.1 Å². The van der Waals surface area contributed by atoms with Crippen molar-refractivity contribution in [2.75, 3.05) is 6.61 Å². The van der Waals surface area contributed by atoms with Crippen molar-refractivity contribution in [2.24, 2.45) is 0 Å². The number of rotatable bonds is 5. The van der Waals surface area contributed by atoms with Gasteiger partial charge in [0, 0.05) is 11.9 Å². The van der Waals surface area contributed by atoms with Crippen molar-refractivity contribution in [3.05, 3.63) is 51.7 Å². The molecule has 0 unspecified atom stereocenters. The average Bonchev–Trinajstić information content (AvgIpc) is 2.95. The SMILES string of the molecule is CCOC(=O)c1nc(C(=O)NCc2cccc(F)c2)cs1. The molecule has 1 heterocycles. The Labute approximate surface area is 124 Å². The summed E-state index contributed by atoms with van der Waals surface area (Å²) in [7, 11) is 0. The second-order valence-corrected chi connectivity index (χ2v) is 4.93. The van der Waals surface area contributed by atoms with Gasteiger partial charge in [-0.15, -0.1) is 11.3 Å². The Morgan fingerprint density at radius 2 is 2.24 bits per heavy atom. The zero-order valence-electron chi connectivity index (χ0n) is 11.3. The van der Waals surface area contributed by atoms with E-state index in [1.54, 1.807) is 19.1 Å². The van der Waals surface area contributed by atoms with E-state index in [4.69, 9.17) is 4.74 Å². The number of nitrogens with one attached hydrogen (secondary N) is 1. The lowest BCUT2D eigenvalue weighted by Crippen LogP contribution is -2.23. The normalized spacial score (nSPS) is 10.2. The number of halogens is 1. The van der Waals surface area contributed by atoms with Gasteiger partial charge in [0.05, 0.1) is 6.61 Å². The van der Waals surface area contributed by atoms with Gasteiger partial charge in [0.15, 0.2) is 0 Å². The first-order valence-electron chi connectivity index (χ1n) is 6.25. The Kier molecular flexibility index (Phi) is 4.99. The number of aromatic nitrogens is 1. The number of esters is 1. The third kappa shape index (κ3) is 4.09. The summed E-state index contributed by atoms with van der Waals surface area (Å²) in [6, 6.07) is 5.94. The van der Waals surface area contributed by atoms with Crippen molar-refractivity contribution >= 4 is 23.2 Å². The molecule has 0 spiro atoms. The Hall–Kier alpha value is -2.28. The summed E-state index contributed by atoms with van der Waals surface area (Å²) in [6.45, 7) is 2.13. The monoisotopic (exact) mass is 308 g/mol. The average molecular weight is 308 g/mol. The molecule has 0 saturated carbocycles. The topological polar surface area (TPSA) is 68.3 Å². The number of benzene rings is 1. The van der Waals surface area contributed by atoms with E-state index in [0.29, 0.717) is 5.56 Å². The third-order valence-corrected chi connectivity index (χ3v) is 3.35. The molecule has 0 aliphatic carbocycles. The second-order valence-electron chi connectivity index (χ2n) is 4.07. The predicted octanol–water partition coefficient (Wildman–Crippen LogP) is 2.39. The largest absolute Gasteiger partial charge is 0.461 e. The number of nitrogens with zero attached hydrogens (tertiary/aromatic N) is 1. The molecule has 0 atom stereocenters. The molecular formula is C14H13FN2O3S. The highest BCUT2D eigenvalue weighted by Gasteiger charge is 2.16. The van der Waals surface area contributed by atoms with Crippen LogP contribution in [0.2, 0.25) is 0 Å². The van der Waals surface area contributed by atoms with Crippen LogP contribution in [0, 0.1) is 5.82 Å². The highest BCUT2D eigenvalue weighted by Crippen LogP contribution is 2.11. The van der Waals surface area contributed by atoms with Gasteiger partial charge in [-0.25, -0.2) is 14.2 Å². The zero-order chi connectivity index (χ0) is 15.2. The summed E-state index contributed by atoms with van der Waals surface area (Å²) in [4.78, 5) is 27.3. The molecule has 21 heavy (non-hydrogen) atoms. The molecule has 0 fully saturated rings. The molecular weight excluding hydrogens is 295 g/mol. The summed E-state index contributed by atoms with van der Waals surface area (Å²) >= 11 is 1.04. The number of carbonyl (C=O) groups excluding carboxylic acids is 2. The number of thiazole rings is 1. The smallest absolute Gasteiger partial charge is 0.367 e. The lowest BCUT2D eigenvalue weighted by molar-refractivity contribution is 0.0526. The molecule has 5 nitrogen and oxygen atoms in total. The van der Waals surface area contributed by atoms with E-state index in [9.17, 15) is 14.0 Å². The summed E-state index contributed by atoms with van der Waals surface area (Å²) in [5, 5.41) is 4.22. The van der Waals surface area contributed by atoms with Gasteiger partial charge in [0.2, 0.25) is 5.01 Å². The molecule has 7 heteroatoms. The van der Waals surface area contributed by atoms with Gasteiger partial charge in [-0.05, 0) is 24.6 Å². The molecule has 110 valence electrons. The van der Waals surface area contributed by atoms with E-state index < -0.39 is 11.9 Å². The number of hydrogen-bond acceptors (Lipinski definition) is 5. The predicted molar refractivity (Wildman–Crippen MR) is 75.6 cm³/mol. The van der Waals surface area contributed by atoms with Gasteiger partial charge in [-0.3, -0.25) is 4.79 Å². The number of ether oxygens (including phenoxy) is 1. The van der Waals surface area contributed by atoms with E-state index in [1.807, 2.05) is 0 Å². The van der Waals surface area contributed by atoms with Crippen LogP contribution in [0.15, 0.2) is 29.6 Å². The number of amides is 1. The maximum Gasteiger partial charge on any atom is 0.367 e. The Bertz CT molecular complexity index is 657. The maximum atomic E-state index is 13.0. The highest BCUT2D eigenvalue weighted by atomic mass is 32.1. The highest BCUT2D eigenvalue weighted by molar-refractivity contribution is 7.11. The molecule has 0 bridgehead atoms. The fourth-order valence-electron chi connectivity index (χ4n) is 1.58. The summed E-state index contributed by atoms with van der Waals surface area (Å²) in [5.41, 5.74) is 0.781. The minimum Gasteiger partial charge on any atom is -0.461 e. The fraction of sp³-hybridized carbons (Fsp3) is 0.214. The van der Waals surface area contributed by atoms with E-state index in [0.717, 1.165) is 11.3 Å². The van der Waals surface area contributed by atoms with E-state index in [2.05, 4.69) is 10.3 Å². The molecule has 1 amide bonds. The molecule has 0 aliphatic rings. The summed E-state index contributed by atoms with van der Waals surface area (Å²) < 4.78 is 17.8. The lowest BCUT2D eigenvalue weighted by Gasteiger charge is -2.03. The molecule has 0 radical (unpaired) electrons. The minimum absolute atomic E-state index is 0.132. The third-order valence-electron chi connectivity index (χ3n) is 2.53. The number of carbonyl (C=O) groups is 2. The van der Waals surface area contributed by atoms with Crippen LogP contribution in [0.1, 0.15) is 32.8 Å². The molecule has 2 rings (SSSR count). The summed E-state index contributed by atoms with van der Waals surface area (Å²) in [5.74, 6) is -1.34. The zero-order valence-corrected chi connectivity index (χ0v) is 12.1. The van der Waals surface area contributed by atoms with Crippen molar-refractivity contribution in [1.82, 2.24) is 10.3 Å². The van der Waals surface area contributed by atoms with Crippen LogP contribution < -0.4 is 5.32 Å². The van der Waals surface area contributed by atoms with Crippen LogP contribution in [0.5, 0.6) is 0 Å². The van der Waals surface area contributed by atoms with Crippen molar-refractivity contribution in [1.29, 1.82) is 0 Å². The number of hydrogen-bond donors (Lipinski definition) is 1. The van der Waals surface area contributed by atoms with Crippen molar-refractivity contribution in [3.63, 3.8) is 0 Å². The van der Waals surface area contributed by atoms with Crippen LogP contribution in [0.25, 0.3) is 0 Å². The Balaban J connectivity index is 1.96. The van der Waals surface area contributed by atoms with Crippen LogP contribution in [0.4, 0.5) is 4.39 Å². The lowest BCUT2D eigenvalue weighted by atomic mass is 10.2. The van der Waals surface area contributed by atoms with E-state index in [1.165, 1.54) is 17.5 Å². The standard InChI is InChI=1S/C14H13FN2O3S/c1-2-20-14(19)13-17-11(8-21-13)12(18)16-7-9-4-3-5-10(15)6-9/h3-6,8H,2,7H2,1H3,(H,16,18). The Morgan fingerprint density at radius 3 is 2.95 bits per heavy atom. The van der Waals surface area contributed by atoms with Gasteiger partial charge in [0.1, 0.15) is 11.5 Å². The van der Waals surface area contributed by atoms with Crippen molar-refractivity contribution < 1.29 is 18.7 Å². The molecule has 0 aliphatic heterocycles. The minimum atomic E-state index is -0.549. The first-order valence-corrected chi connectivity index (χ1v) is 7.13. The van der Waals surface area contributed by atoms with Gasteiger partial charge in [-0.1, -0.05) is 12.1 Å². The van der Waals surface area contributed by atoms with Gasteiger partial charge in [0.25, 0.3) is 5.91 Å². The molecule has 1 N–H and O–H groups in total. The van der Waals surface area contributed by atoms with Gasteiger partial charge >= 0.3 is 5.97 Å². The molecule has 0 saturated heterocycles. The van der Waals surface area contributed by atoms with Crippen LogP contribution >= 0.6 is 11.3 Å². The van der Waals surface area contributed by atoms with E-state index >= 15 is 0 Å². The molecule has 1 aromatic carbocycles. The fourth-order valence-corrected chi connectivity index (χ4v) is 2.27. The van der Waals surface area contributed by atoms with Crippen LogP contribution in [0.3, 0.4) is 0 Å². The van der Waals surface area contributed by atoms with E-state index in [-0.39, 0.29) is 29.7 Å². The Morgan fingerprint density at radius 1 is 1.43 bits per heavy atom. The quantitative estimate of drug-likeness (QED) is 0.861.